The molecule has 2 aliphatic heterocycles. The van der Waals surface area contributed by atoms with Crippen LogP contribution in [-0.4, -0.2) is 31.2 Å². The van der Waals surface area contributed by atoms with Gasteiger partial charge in [-0.25, -0.2) is 4.39 Å². The van der Waals surface area contributed by atoms with Crippen LogP contribution in [0.25, 0.3) is 0 Å². The number of hydrogen-bond acceptors (Lipinski definition) is 2. The minimum Gasteiger partial charge on any atom is -0.381 e. The molecule has 2 fully saturated rings. The molecule has 3 rings (SSSR count). The van der Waals surface area contributed by atoms with Crippen LogP contribution in [0.5, 0.6) is 0 Å². The van der Waals surface area contributed by atoms with Gasteiger partial charge >= 0.3 is 0 Å². The summed E-state index contributed by atoms with van der Waals surface area (Å²) >= 11 is 0. The lowest BCUT2D eigenvalue weighted by molar-refractivity contribution is -0.0839. The first-order chi connectivity index (χ1) is 9.58. The maximum atomic E-state index is 13.7. The molecule has 0 bridgehead atoms. The Balaban J connectivity index is 1.61. The van der Waals surface area contributed by atoms with E-state index in [2.05, 4.69) is 4.90 Å². The summed E-state index contributed by atoms with van der Waals surface area (Å²) in [6, 6.07) is 5.58. The Morgan fingerprint density at radius 1 is 1.25 bits per heavy atom. The molecule has 2 nitrogen and oxygen atoms in total. The molecule has 3 heteroatoms. The van der Waals surface area contributed by atoms with Crippen molar-refractivity contribution >= 4 is 0 Å². The van der Waals surface area contributed by atoms with E-state index in [0.717, 1.165) is 25.3 Å². The highest BCUT2D eigenvalue weighted by atomic mass is 19.1. The van der Waals surface area contributed by atoms with Gasteiger partial charge < -0.3 is 4.74 Å². The molecule has 0 aliphatic carbocycles. The van der Waals surface area contributed by atoms with Crippen molar-refractivity contribution in [2.75, 3.05) is 26.3 Å². The average Bonchev–Trinajstić information content (AvgIpc) is 2.40. The summed E-state index contributed by atoms with van der Waals surface area (Å²) in [5.74, 6) is 0.168. The Morgan fingerprint density at radius 2 is 1.95 bits per heavy atom. The van der Waals surface area contributed by atoms with Gasteiger partial charge in [-0.05, 0) is 36.0 Å². The van der Waals surface area contributed by atoms with Crippen molar-refractivity contribution in [3.05, 3.63) is 35.1 Å². The topological polar surface area (TPSA) is 12.5 Å². The second-order valence-electron chi connectivity index (χ2n) is 6.77. The van der Waals surface area contributed by atoms with Gasteiger partial charge in [-0.1, -0.05) is 26.0 Å². The van der Waals surface area contributed by atoms with Crippen molar-refractivity contribution < 1.29 is 9.13 Å². The molecule has 1 aromatic carbocycles. The van der Waals surface area contributed by atoms with Gasteiger partial charge in [0.05, 0.1) is 0 Å². The highest BCUT2D eigenvalue weighted by Gasteiger charge is 2.43. The number of halogens is 1. The summed E-state index contributed by atoms with van der Waals surface area (Å²) < 4.78 is 19.2. The van der Waals surface area contributed by atoms with Gasteiger partial charge in [-0.15, -0.1) is 0 Å². The molecule has 0 N–H and O–H groups in total. The molecule has 0 aromatic heterocycles. The third-order valence-electron chi connectivity index (χ3n) is 4.76. The summed E-state index contributed by atoms with van der Waals surface area (Å²) in [4.78, 5) is 2.47. The summed E-state index contributed by atoms with van der Waals surface area (Å²) in [5, 5.41) is 0. The summed E-state index contributed by atoms with van der Waals surface area (Å²) in [5.41, 5.74) is 2.58. The predicted octanol–water partition coefficient (Wildman–Crippen LogP) is 3.56. The van der Waals surface area contributed by atoms with Gasteiger partial charge in [0.1, 0.15) is 5.82 Å². The lowest BCUT2D eigenvalue weighted by atomic mass is 9.73. The molecular weight excluding hydrogens is 253 g/mol. The van der Waals surface area contributed by atoms with E-state index in [-0.39, 0.29) is 11.7 Å². The third-order valence-corrected chi connectivity index (χ3v) is 4.76. The highest BCUT2D eigenvalue weighted by Crippen LogP contribution is 2.40. The Bertz CT molecular complexity index is 472. The maximum Gasteiger partial charge on any atom is 0.126 e. The fraction of sp³-hybridized carbons (Fsp3) is 0.647. The zero-order chi connectivity index (χ0) is 14.2. The van der Waals surface area contributed by atoms with Gasteiger partial charge in [0.25, 0.3) is 0 Å². The molecule has 0 atom stereocenters. The zero-order valence-electron chi connectivity index (χ0n) is 12.5. The molecule has 2 saturated heterocycles. The van der Waals surface area contributed by atoms with Crippen LogP contribution in [0, 0.1) is 11.2 Å². The molecule has 1 aromatic rings. The third kappa shape index (κ3) is 2.75. The largest absolute Gasteiger partial charge is 0.381 e. The number of likely N-dealkylation sites (tertiary alicyclic amines) is 1. The second-order valence-corrected chi connectivity index (χ2v) is 6.77. The van der Waals surface area contributed by atoms with E-state index in [4.69, 9.17) is 4.74 Å². The molecule has 0 unspecified atom stereocenters. The normalized spacial score (nSPS) is 22.2. The monoisotopic (exact) mass is 277 g/mol. The molecule has 110 valence electrons. The van der Waals surface area contributed by atoms with Crippen LogP contribution < -0.4 is 0 Å². The molecule has 2 heterocycles. The molecule has 20 heavy (non-hydrogen) atoms. The first-order valence-electron chi connectivity index (χ1n) is 7.66. The van der Waals surface area contributed by atoms with E-state index in [1.54, 1.807) is 6.07 Å². The van der Waals surface area contributed by atoms with E-state index in [1.807, 2.05) is 26.0 Å². The number of nitrogens with zero attached hydrogens (tertiary/aromatic N) is 1. The minimum atomic E-state index is -0.0757. The smallest absolute Gasteiger partial charge is 0.126 e. The predicted molar refractivity (Wildman–Crippen MR) is 78.3 cm³/mol. The SMILES string of the molecule is CC(C)c1cc(CN2CC3(CCOCC3)C2)ccc1F. The fourth-order valence-electron chi connectivity index (χ4n) is 3.53. The summed E-state index contributed by atoms with van der Waals surface area (Å²) in [6.07, 6.45) is 2.40. The first kappa shape index (κ1) is 14.0. The Labute approximate surface area is 120 Å². The fourth-order valence-corrected chi connectivity index (χ4v) is 3.53. The van der Waals surface area contributed by atoms with Crippen molar-refractivity contribution in [1.29, 1.82) is 0 Å². The molecule has 1 spiro atoms. The summed E-state index contributed by atoms with van der Waals surface area (Å²) in [6.45, 7) is 9.22. The van der Waals surface area contributed by atoms with Gasteiger partial charge in [0.15, 0.2) is 0 Å². The van der Waals surface area contributed by atoms with Gasteiger partial charge in [0.2, 0.25) is 0 Å². The molecule has 0 saturated carbocycles. The molecule has 2 aliphatic rings. The van der Waals surface area contributed by atoms with Gasteiger partial charge in [-0.3, -0.25) is 4.90 Å². The Hall–Kier alpha value is -0.930. The Morgan fingerprint density at radius 3 is 2.60 bits per heavy atom. The van der Waals surface area contributed by atoms with Crippen LogP contribution in [0.15, 0.2) is 18.2 Å². The van der Waals surface area contributed by atoms with Crippen molar-refractivity contribution in [2.45, 2.75) is 39.2 Å². The van der Waals surface area contributed by atoms with Crippen molar-refractivity contribution in [2.24, 2.45) is 5.41 Å². The van der Waals surface area contributed by atoms with Crippen molar-refractivity contribution in [3.8, 4) is 0 Å². The summed E-state index contributed by atoms with van der Waals surface area (Å²) in [7, 11) is 0. The second kappa shape index (κ2) is 5.45. The lowest BCUT2D eigenvalue weighted by Gasteiger charge is -2.52. The van der Waals surface area contributed by atoms with Crippen LogP contribution in [0.2, 0.25) is 0 Å². The van der Waals surface area contributed by atoms with Crippen molar-refractivity contribution in [1.82, 2.24) is 4.90 Å². The van der Waals surface area contributed by atoms with E-state index in [0.29, 0.717) is 5.41 Å². The highest BCUT2D eigenvalue weighted by molar-refractivity contribution is 5.27. The van der Waals surface area contributed by atoms with E-state index < -0.39 is 0 Å². The quantitative estimate of drug-likeness (QED) is 0.837. The minimum absolute atomic E-state index is 0.0757. The molecular formula is C17H24FNO. The van der Waals surface area contributed by atoms with E-state index in [9.17, 15) is 4.39 Å². The van der Waals surface area contributed by atoms with Crippen LogP contribution in [0.1, 0.15) is 43.7 Å². The van der Waals surface area contributed by atoms with Crippen LogP contribution >= 0.6 is 0 Å². The number of rotatable bonds is 3. The van der Waals surface area contributed by atoms with Gasteiger partial charge in [0, 0.05) is 38.3 Å². The maximum absolute atomic E-state index is 13.7. The van der Waals surface area contributed by atoms with Crippen molar-refractivity contribution in [3.63, 3.8) is 0 Å². The van der Waals surface area contributed by atoms with E-state index in [1.165, 1.54) is 31.5 Å². The average molecular weight is 277 g/mol. The number of benzene rings is 1. The molecule has 0 radical (unpaired) electrons. The zero-order valence-corrected chi connectivity index (χ0v) is 12.5. The van der Waals surface area contributed by atoms with Gasteiger partial charge in [-0.2, -0.15) is 0 Å². The van der Waals surface area contributed by atoms with E-state index >= 15 is 0 Å². The lowest BCUT2D eigenvalue weighted by Crippen LogP contribution is -2.57. The standard InChI is InChI=1S/C17H24FNO/c1-13(2)15-9-14(3-4-16(15)18)10-19-11-17(12-19)5-7-20-8-6-17/h3-4,9,13H,5-8,10-12H2,1-2H3. The Kier molecular flexibility index (Phi) is 3.83. The van der Waals surface area contributed by atoms with Crippen LogP contribution in [-0.2, 0) is 11.3 Å². The number of ether oxygens (including phenoxy) is 1. The first-order valence-corrected chi connectivity index (χ1v) is 7.66. The number of hydrogen-bond donors (Lipinski definition) is 0. The van der Waals surface area contributed by atoms with Crippen LogP contribution in [0.3, 0.4) is 0 Å². The molecule has 0 amide bonds. The van der Waals surface area contributed by atoms with Crippen LogP contribution in [0.4, 0.5) is 4.39 Å².